The number of hydrogen-bond donors (Lipinski definition) is 1. The van der Waals surface area contributed by atoms with Crippen molar-refractivity contribution in [3.63, 3.8) is 0 Å². The molecule has 0 unspecified atom stereocenters. The Kier molecular flexibility index (Phi) is 8.17. The number of aromatic nitrogens is 3. The smallest absolute Gasteiger partial charge is 0.234 e. The maximum absolute atomic E-state index is 12.8. The Hall–Kier alpha value is -2.82. The van der Waals surface area contributed by atoms with Crippen LogP contribution in [0, 0.1) is 6.92 Å². The lowest BCUT2D eigenvalue weighted by Crippen LogP contribution is -2.15. The molecule has 0 saturated heterocycles. The van der Waals surface area contributed by atoms with E-state index in [1.165, 1.54) is 7.11 Å². The molecule has 0 aliphatic heterocycles. The third-order valence-electron chi connectivity index (χ3n) is 4.57. The molecule has 1 amide bonds. The number of allylic oxidation sites excluding steroid dienone is 1. The molecule has 0 atom stereocenters. The van der Waals surface area contributed by atoms with Crippen LogP contribution in [0.15, 0.2) is 65.2 Å². The third-order valence-corrected chi connectivity index (χ3v) is 7.46. The van der Waals surface area contributed by atoms with Crippen LogP contribution >= 0.6 is 23.4 Å². The molecule has 1 aromatic heterocycles. The summed E-state index contributed by atoms with van der Waals surface area (Å²) in [6.07, 6.45) is 1.62. The Morgan fingerprint density at radius 3 is 2.61 bits per heavy atom. The normalized spacial score (nSPS) is 11.2. The lowest BCUT2D eigenvalue weighted by atomic mass is 10.2. The Morgan fingerprint density at radius 1 is 1.24 bits per heavy atom. The number of nitrogens with zero attached hydrogens (tertiary/aromatic N) is 3. The van der Waals surface area contributed by atoms with Crippen molar-refractivity contribution < 1.29 is 17.9 Å². The summed E-state index contributed by atoms with van der Waals surface area (Å²) in [6.45, 7) is 5.92. The number of amides is 1. The lowest BCUT2D eigenvalue weighted by Gasteiger charge is -2.10. The van der Waals surface area contributed by atoms with Crippen LogP contribution in [-0.4, -0.2) is 42.0 Å². The molecule has 11 heteroatoms. The number of hydrogen-bond acceptors (Lipinski definition) is 7. The van der Waals surface area contributed by atoms with E-state index >= 15 is 0 Å². The Labute approximate surface area is 201 Å². The first-order valence-corrected chi connectivity index (χ1v) is 12.8. The molecule has 33 heavy (non-hydrogen) atoms. The van der Waals surface area contributed by atoms with E-state index in [1.54, 1.807) is 53.1 Å². The average molecular weight is 507 g/mol. The van der Waals surface area contributed by atoms with Crippen molar-refractivity contribution in [2.24, 2.45) is 0 Å². The van der Waals surface area contributed by atoms with E-state index in [0.717, 1.165) is 17.3 Å². The van der Waals surface area contributed by atoms with E-state index in [0.29, 0.717) is 28.2 Å². The SMILES string of the molecule is C=CCn1c(CS(=O)(=O)c2ccc(C)cc2)nnc1SCC(=O)Nc1ccc(OC)c(Cl)c1. The fraction of sp³-hybridized carbons (Fsp3) is 0.227. The minimum atomic E-state index is -3.61. The van der Waals surface area contributed by atoms with Gasteiger partial charge in [0.1, 0.15) is 17.3 Å². The van der Waals surface area contributed by atoms with E-state index in [9.17, 15) is 13.2 Å². The summed E-state index contributed by atoms with van der Waals surface area (Å²) < 4.78 is 32.4. The molecule has 174 valence electrons. The highest BCUT2D eigenvalue weighted by atomic mass is 35.5. The van der Waals surface area contributed by atoms with Crippen LogP contribution in [0.4, 0.5) is 5.69 Å². The van der Waals surface area contributed by atoms with Gasteiger partial charge in [0.05, 0.1) is 22.8 Å². The van der Waals surface area contributed by atoms with Crippen LogP contribution in [-0.2, 0) is 26.9 Å². The molecular weight excluding hydrogens is 484 g/mol. The number of thioether (sulfide) groups is 1. The molecule has 0 spiro atoms. The lowest BCUT2D eigenvalue weighted by molar-refractivity contribution is -0.113. The predicted molar refractivity (Wildman–Crippen MR) is 130 cm³/mol. The van der Waals surface area contributed by atoms with Gasteiger partial charge in [-0.25, -0.2) is 8.42 Å². The van der Waals surface area contributed by atoms with Crippen LogP contribution in [0.3, 0.4) is 0 Å². The molecule has 0 aliphatic carbocycles. The van der Waals surface area contributed by atoms with Gasteiger partial charge in [0.15, 0.2) is 15.0 Å². The highest BCUT2D eigenvalue weighted by Crippen LogP contribution is 2.27. The number of sulfone groups is 1. The second kappa shape index (κ2) is 10.9. The number of rotatable bonds is 10. The van der Waals surface area contributed by atoms with Gasteiger partial charge < -0.3 is 14.6 Å². The molecule has 8 nitrogen and oxygen atoms in total. The van der Waals surface area contributed by atoms with Crippen molar-refractivity contribution in [2.75, 3.05) is 18.2 Å². The predicted octanol–water partition coefficient (Wildman–Crippen LogP) is 4.14. The van der Waals surface area contributed by atoms with Gasteiger partial charge in [-0.1, -0.05) is 47.1 Å². The van der Waals surface area contributed by atoms with Crippen LogP contribution in [0.2, 0.25) is 5.02 Å². The zero-order chi connectivity index (χ0) is 24.0. The zero-order valence-electron chi connectivity index (χ0n) is 18.1. The number of nitrogens with one attached hydrogen (secondary N) is 1. The fourth-order valence-electron chi connectivity index (χ4n) is 2.92. The van der Waals surface area contributed by atoms with Crippen molar-refractivity contribution >= 4 is 44.8 Å². The first-order chi connectivity index (χ1) is 15.7. The Morgan fingerprint density at radius 2 is 1.97 bits per heavy atom. The van der Waals surface area contributed by atoms with Gasteiger partial charge in [-0.3, -0.25) is 4.79 Å². The quantitative estimate of drug-likeness (QED) is 0.325. The molecule has 3 rings (SSSR count). The molecule has 0 aliphatic rings. The summed E-state index contributed by atoms with van der Waals surface area (Å²) in [5, 5.41) is 11.7. The van der Waals surface area contributed by atoms with Gasteiger partial charge in [-0.2, -0.15) is 0 Å². The largest absolute Gasteiger partial charge is 0.495 e. The molecule has 1 heterocycles. The first kappa shape index (κ1) is 24.8. The third kappa shape index (κ3) is 6.37. The summed E-state index contributed by atoms with van der Waals surface area (Å²) in [6, 6.07) is 11.6. The molecule has 0 radical (unpaired) electrons. The molecular formula is C22H23ClN4O4S2. The first-order valence-electron chi connectivity index (χ1n) is 9.82. The zero-order valence-corrected chi connectivity index (χ0v) is 20.5. The number of benzene rings is 2. The highest BCUT2D eigenvalue weighted by Gasteiger charge is 2.21. The molecule has 3 aromatic rings. The maximum Gasteiger partial charge on any atom is 0.234 e. The standard InChI is InChI=1S/C22H23ClN4O4S2/c1-4-11-27-20(14-33(29,30)17-8-5-15(2)6-9-17)25-26-22(27)32-13-21(28)24-16-7-10-19(31-3)18(23)12-16/h4-10,12H,1,11,13-14H2,2-3H3,(H,24,28). The molecule has 1 N–H and O–H groups in total. The number of methoxy groups -OCH3 is 1. The van der Waals surface area contributed by atoms with E-state index < -0.39 is 9.84 Å². The Balaban J connectivity index is 1.70. The van der Waals surface area contributed by atoms with Crippen LogP contribution in [0.25, 0.3) is 0 Å². The van der Waals surface area contributed by atoms with Gasteiger partial charge in [0.2, 0.25) is 5.91 Å². The second-order valence-corrected chi connectivity index (χ2v) is 10.4. The topological polar surface area (TPSA) is 103 Å². The number of anilines is 1. The summed E-state index contributed by atoms with van der Waals surface area (Å²) in [7, 11) is -2.10. The van der Waals surface area contributed by atoms with Gasteiger partial charge in [0, 0.05) is 12.2 Å². The van der Waals surface area contributed by atoms with Gasteiger partial charge in [0.25, 0.3) is 0 Å². The number of aryl methyl sites for hydroxylation is 1. The van der Waals surface area contributed by atoms with Gasteiger partial charge >= 0.3 is 0 Å². The van der Waals surface area contributed by atoms with E-state index in [1.807, 2.05) is 6.92 Å². The van der Waals surface area contributed by atoms with E-state index in [4.69, 9.17) is 16.3 Å². The molecule has 0 saturated carbocycles. The summed E-state index contributed by atoms with van der Waals surface area (Å²) in [5.74, 6) is 0.246. The number of carbonyl (C=O) groups excluding carboxylic acids is 1. The minimum Gasteiger partial charge on any atom is -0.495 e. The maximum atomic E-state index is 12.8. The Bertz CT molecular complexity index is 1260. The van der Waals surface area contributed by atoms with Crippen LogP contribution < -0.4 is 10.1 Å². The summed E-state index contributed by atoms with van der Waals surface area (Å²) in [5.41, 5.74) is 1.50. The van der Waals surface area contributed by atoms with Crippen LogP contribution in [0.5, 0.6) is 5.75 Å². The van der Waals surface area contributed by atoms with Crippen molar-refractivity contribution in [3.05, 3.63) is 71.5 Å². The van der Waals surface area contributed by atoms with E-state index in [-0.39, 0.29) is 28.1 Å². The monoisotopic (exact) mass is 506 g/mol. The average Bonchev–Trinajstić information content (AvgIpc) is 3.13. The molecule has 0 bridgehead atoms. The van der Waals surface area contributed by atoms with Gasteiger partial charge in [-0.15, -0.1) is 16.8 Å². The van der Waals surface area contributed by atoms with E-state index in [2.05, 4.69) is 22.1 Å². The fourth-order valence-corrected chi connectivity index (χ4v) is 5.21. The van der Waals surface area contributed by atoms with Gasteiger partial charge in [-0.05, 0) is 37.3 Å². The van der Waals surface area contributed by atoms with Crippen LogP contribution in [0.1, 0.15) is 11.4 Å². The summed E-state index contributed by atoms with van der Waals surface area (Å²) >= 11 is 7.24. The number of carbonyl (C=O) groups is 1. The van der Waals surface area contributed by atoms with Crippen molar-refractivity contribution in [2.45, 2.75) is 29.3 Å². The number of halogens is 1. The number of ether oxygens (including phenoxy) is 1. The highest BCUT2D eigenvalue weighted by molar-refractivity contribution is 7.99. The van der Waals surface area contributed by atoms with Crippen molar-refractivity contribution in [1.82, 2.24) is 14.8 Å². The minimum absolute atomic E-state index is 0.0453. The van der Waals surface area contributed by atoms with Crippen molar-refractivity contribution in [1.29, 1.82) is 0 Å². The summed E-state index contributed by atoms with van der Waals surface area (Å²) in [4.78, 5) is 12.6. The second-order valence-electron chi connectivity index (χ2n) is 7.06. The molecule has 2 aromatic carbocycles. The van der Waals surface area contributed by atoms with Crippen molar-refractivity contribution in [3.8, 4) is 5.75 Å². The molecule has 0 fully saturated rings.